The van der Waals surface area contributed by atoms with Crippen molar-refractivity contribution in [3.8, 4) is 22.6 Å². The molecule has 3 N–H and O–H groups in total. The fourth-order valence-corrected chi connectivity index (χ4v) is 10.7. The number of aryl methyl sites for hydroxylation is 4. The molecule has 4 aromatic carbocycles. The van der Waals surface area contributed by atoms with Gasteiger partial charge in [0.15, 0.2) is 6.61 Å². The number of halogens is 2. The number of fused-ring (bicyclic) bond motifs is 3. The average molecular weight is 946 g/mol. The molecule has 354 valence electrons. The van der Waals surface area contributed by atoms with E-state index in [-0.39, 0.29) is 67.3 Å². The fourth-order valence-electron chi connectivity index (χ4n) is 10.4. The molecule has 0 spiro atoms. The molecule has 0 aliphatic carbocycles. The number of carboxylic acids is 1. The lowest BCUT2D eigenvalue weighted by Gasteiger charge is -2.37. The first-order valence-electron chi connectivity index (χ1n) is 23.0. The first-order valence-corrected chi connectivity index (χ1v) is 23.3. The number of hydrogen-bond acceptors (Lipinski definition) is 9. The number of carbonyl (C=O) groups is 5. The van der Waals surface area contributed by atoms with Crippen LogP contribution in [-0.2, 0) is 40.9 Å². The molecule has 5 heterocycles. The number of likely N-dealkylation sites (N-methyl/N-ethyl adjacent to an activating group) is 1. The number of aromatic nitrogens is 3. The number of nitrogens with one attached hydrogen (secondary N) is 2. The van der Waals surface area contributed by atoms with Gasteiger partial charge in [0, 0.05) is 77.4 Å². The van der Waals surface area contributed by atoms with Crippen LogP contribution in [0.15, 0.2) is 66.7 Å². The predicted molar refractivity (Wildman–Crippen MR) is 253 cm³/mol. The van der Waals surface area contributed by atoms with Crippen LogP contribution in [0.1, 0.15) is 81.9 Å². The molecule has 68 heavy (non-hydrogen) atoms. The van der Waals surface area contributed by atoms with Gasteiger partial charge < -0.3 is 34.3 Å². The van der Waals surface area contributed by atoms with Crippen LogP contribution in [0.2, 0.25) is 5.02 Å². The van der Waals surface area contributed by atoms with E-state index in [0.717, 1.165) is 50.6 Å². The molecule has 2 fully saturated rings. The first kappa shape index (κ1) is 46.3. The Bertz CT molecular complexity index is 3020. The van der Waals surface area contributed by atoms with Crippen molar-refractivity contribution in [2.24, 2.45) is 7.05 Å². The minimum absolute atomic E-state index is 0.0748. The van der Waals surface area contributed by atoms with Gasteiger partial charge in [0.2, 0.25) is 11.8 Å². The number of nitrogens with zero attached hydrogens (tertiary/aromatic N) is 5. The van der Waals surface area contributed by atoms with E-state index in [1.807, 2.05) is 62.8 Å². The maximum Gasteiger partial charge on any atom is 0.352 e. The topological polar surface area (TPSA) is 177 Å². The summed E-state index contributed by atoms with van der Waals surface area (Å²) in [5, 5.41) is 23.9. The number of aromatic carboxylic acids is 1. The van der Waals surface area contributed by atoms with E-state index < -0.39 is 17.9 Å². The summed E-state index contributed by atoms with van der Waals surface area (Å²) in [6.07, 6.45) is 3.38. The van der Waals surface area contributed by atoms with Gasteiger partial charge in [0.25, 0.3) is 11.8 Å². The molecule has 9 rings (SSSR count). The minimum Gasteiger partial charge on any atom is -0.493 e. The Labute approximate surface area is 397 Å². The molecule has 0 bridgehead atoms. The third-order valence-corrected chi connectivity index (χ3v) is 14.1. The molecule has 0 saturated carbocycles. The number of benzene rings is 4. The van der Waals surface area contributed by atoms with Crippen LogP contribution in [0, 0.1) is 19.7 Å². The summed E-state index contributed by atoms with van der Waals surface area (Å²) in [5.74, 6) is -1.86. The first-order chi connectivity index (χ1) is 32.7. The van der Waals surface area contributed by atoms with Crippen molar-refractivity contribution < 1.29 is 42.9 Å². The van der Waals surface area contributed by atoms with Crippen molar-refractivity contribution in [2.75, 3.05) is 26.8 Å². The van der Waals surface area contributed by atoms with Crippen molar-refractivity contribution in [1.29, 1.82) is 0 Å². The van der Waals surface area contributed by atoms with Crippen LogP contribution in [0.3, 0.4) is 0 Å². The van der Waals surface area contributed by atoms with Gasteiger partial charge in [-0.15, -0.1) is 0 Å². The van der Waals surface area contributed by atoms with Crippen LogP contribution in [-0.4, -0.2) is 104 Å². The molecule has 3 aliphatic rings. The molecule has 3 unspecified atom stereocenters. The summed E-state index contributed by atoms with van der Waals surface area (Å²) in [5.41, 5.74) is 5.89. The fraction of sp³-hybridized carbons (Fsp3) is 0.373. The van der Waals surface area contributed by atoms with Gasteiger partial charge in [-0.25, -0.2) is 9.18 Å². The second kappa shape index (κ2) is 19.1. The Morgan fingerprint density at radius 2 is 1.74 bits per heavy atom. The Hall–Kier alpha value is -6.78. The number of likely N-dealkylation sites (tertiary alicyclic amines) is 1. The quantitative estimate of drug-likeness (QED) is 0.0710. The number of carbonyl (C=O) groups excluding carboxylic acids is 4. The van der Waals surface area contributed by atoms with Crippen LogP contribution >= 0.6 is 11.6 Å². The number of piperidine rings is 2. The van der Waals surface area contributed by atoms with E-state index in [1.54, 1.807) is 28.9 Å². The molecule has 4 amide bonds. The highest BCUT2D eigenvalue weighted by Gasteiger charge is 2.40. The molecule has 6 aromatic rings. The maximum absolute atomic E-state index is 14.0. The Balaban J connectivity index is 0.885. The zero-order valence-electron chi connectivity index (χ0n) is 38.4. The number of amides is 4. The molecule has 0 radical (unpaired) electrons. The van der Waals surface area contributed by atoms with E-state index in [2.05, 4.69) is 20.6 Å². The van der Waals surface area contributed by atoms with Crippen molar-refractivity contribution >= 4 is 62.9 Å². The van der Waals surface area contributed by atoms with Gasteiger partial charge in [-0.05, 0) is 113 Å². The van der Waals surface area contributed by atoms with Crippen LogP contribution in [0.4, 0.5) is 4.39 Å². The zero-order chi connectivity index (χ0) is 48.0. The second-order valence-corrected chi connectivity index (χ2v) is 18.4. The highest BCUT2D eigenvalue weighted by Crippen LogP contribution is 2.43. The largest absolute Gasteiger partial charge is 0.493 e. The Morgan fingerprint density at radius 3 is 2.49 bits per heavy atom. The molecule has 3 atom stereocenters. The Kier molecular flexibility index (Phi) is 13.0. The number of rotatable bonds is 15. The van der Waals surface area contributed by atoms with Crippen LogP contribution in [0.5, 0.6) is 11.5 Å². The maximum atomic E-state index is 14.0. The summed E-state index contributed by atoms with van der Waals surface area (Å²) in [6, 6.07) is 18.0. The van der Waals surface area contributed by atoms with Gasteiger partial charge in [0.1, 0.15) is 29.1 Å². The van der Waals surface area contributed by atoms with Crippen LogP contribution in [0.25, 0.3) is 32.8 Å². The van der Waals surface area contributed by atoms with Crippen molar-refractivity contribution in [3.63, 3.8) is 0 Å². The van der Waals surface area contributed by atoms with Gasteiger partial charge in [-0.2, -0.15) is 5.10 Å². The smallest absolute Gasteiger partial charge is 0.352 e. The van der Waals surface area contributed by atoms with E-state index in [4.69, 9.17) is 21.1 Å². The lowest BCUT2D eigenvalue weighted by atomic mass is 9.96. The Morgan fingerprint density at radius 1 is 0.956 bits per heavy atom. The zero-order valence-corrected chi connectivity index (χ0v) is 39.1. The minimum atomic E-state index is -1.05. The molecule has 2 saturated heterocycles. The standard InChI is InChI=1S/C51H53ClFN7O8/c1-28-45(29(2)58(4)56-28)46-39(52)18-17-36-35(10-7-23-67-41-11-5-8-30-24-31(53)13-16-34(30)41)48(51(65)66)59(47(36)46)22-21-33-15-14-32(25-57(33)3)54-44(62)27-68-42-12-6-9-37-38(42)26-60(50(37)64)40-19-20-43(61)55-49(40)63/h5-6,8-9,11-13,16-18,24,32-33,40H,7,10,14-15,19-23,25-27H2,1-4H3,(H,54,62)(H,65,66)(H,55,61,63). The summed E-state index contributed by atoms with van der Waals surface area (Å²) < 4.78 is 29.9. The normalized spacial score (nSPS) is 18.6. The molecule has 3 aliphatic heterocycles. The number of imide groups is 1. The highest BCUT2D eigenvalue weighted by atomic mass is 35.5. The number of ether oxygens (including phenoxy) is 2. The second-order valence-electron chi connectivity index (χ2n) is 18.0. The average Bonchev–Trinajstić information content (AvgIpc) is 3.90. The molecular weight excluding hydrogens is 893 g/mol. The molecular formula is C51H53ClFN7O8. The summed E-state index contributed by atoms with van der Waals surface area (Å²) >= 11 is 7.09. The van der Waals surface area contributed by atoms with Gasteiger partial charge in [-0.1, -0.05) is 35.9 Å². The highest BCUT2D eigenvalue weighted by molar-refractivity contribution is 6.35. The number of carboxylic acid groups (broad SMARTS) is 1. The van der Waals surface area contributed by atoms with Crippen molar-refractivity contribution in [2.45, 2.75) is 90.0 Å². The lowest BCUT2D eigenvalue weighted by molar-refractivity contribution is -0.137. The SMILES string of the molecule is Cc1nn(C)c(C)c1-c1c(Cl)ccc2c(CCCOc3cccc4cc(F)ccc34)c(C(=O)O)n(CCC3CCC(NC(=O)COc4cccc5c4CN(C4CCC(=O)NC4=O)C5=O)CN3C)c12. The summed E-state index contributed by atoms with van der Waals surface area (Å²) in [4.78, 5) is 67.9. The third kappa shape index (κ3) is 8.90. The van der Waals surface area contributed by atoms with Crippen LogP contribution < -0.4 is 20.1 Å². The van der Waals surface area contributed by atoms with E-state index in [0.29, 0.717) is 78.6 Å². The molecule has 2 aromatic heterocycles. The molecule has 15 nitrogen and oxygen atoms in total. The lowest BCUT2D eigenvalue weighted by Crippen LogP contribution is -2.52. The van der Waals surface area contributed by atoms with E-state index in [9.17, 15) is 33.5 Å². The third-order valence-electron chi connectivity index (χ3n) is 13.8. The van der Waals surface area contributed by atoms with Crippen molar-refractivity contribution in [3.05, 3.63) is 111 Å². The van der Waals surface area contributed by atoms with Gasteiger partial charge in [0.05, 0.1) is 29.4 Å². The molecule has 17 heteroatoms. The van der Waals surface area contributed by atoms with E-state index >= 15 is 0 Å². The predicted octanol–water partition coefficient (Wildman–Crippen LogP) is 7.12. The van der Waals surface area contributed by atoms with Gasteiger partial charge >= 0.3 is 5.97 Å². The van der Waals surface area contributed by atoms with Crippen molar-refractivity contribution in [1.82, 2.24) is 34.8 Å². The number of hydrogen-bond donors (Lipinski definition) is 3. The van der Waals surface area contributed by atoms with E-state index in [1.165, 1.54) is 17.0 Å². The van der Waals surface area contributed by atoms with Gasteiger partial charge in [-0.3, -0.25) is 29.2 Å². The summed E-state index contributed by atoms with van der Waals surface area (Å²) in [6.45, 7) is 5.01. The monoisotopic (exact) mass is 945 g/mol. The summed E-state index contributed by atoms with van der Waals surface area (Å²) in [7, 11) is 3.88.